The van der Waals surface area contributed by atoms with Crippen LogP contribution in [0.3, 0.4) is 0 Å². The van der Waals surface area contributed by atoms with Crippen LogP contribution in [-0.4, -0.2) is 74.0 Å². The Hall–Kier alpha value is -6.31. The summed E-state index contributed by atoms with van der Waals surface area (Å²) >= 11 is 2.73. The van der Waals surface area contributed by atoms with Crippen molar-refractivity contribution in [1.82, 2.24) is 0 Å². The molecule has 0 aliphatic rings. The number of aromatic hydroxyl groups is 2. The molecule has 2 aromatic heterocycles. The minimum absolute atomic E-state index is 0.303. The molecular weight excluding hydrogens is 815 g/mol. The van der Waals surface area contributed by atoms with Crippen molar-refractivity contribution in [3.8, 4) is 10.1 Å². The fourth-order valence-electron chi connectivity index (χ4n) is 5.69. The van der Waals surface area contributed by atoms with E-state index in [1.54, 1.807) is 12.1 Å². The van der Waals surface area contributed by atoms with Gasteiger partial charge in [-0.3, -0.25) is 0 Å². The first-order valence-electron chi connectivity index (χ1n) is 19.7. The maximum absolute atomic E-state index is 10.1. The van der Waals surface area contributed by atoms with Crippen molar-refractivity contribution in [1.29, 1.82) is 0 Å². The number of rotatable bonds is 12. The van der Waals surface area contributed by atoms with Crippen LogP contribution in [0.4, 0.5) is 27.1 Å². The Morgan fingerprint density at radius 2 is 0.597 bits per heavy atom. The Morgan fingerprint density at radius 1 is 0.387 bits per heavy atom. The number of benzene rings is 4. The Kier molecular flexibility index (Phi) is 18.9. The van der Waals surface area contributed by atoms with E-state index < -0.39 is 7.40 Å². The molecule has 0 atom stereocenters. The number of hydrogen-bond donors (Lipinski definition) is 2. The van der Waals surface area contributed by atoms with Gasteiger partial charge in [-0.05, 0) is 94.1 Å². The monoisotopic (exact) mass is 868 g/mol. The highest BCUT2D eigenvalue weighted by atomic mass is 32.1. The number of halogens is 1. The zero-order chi connectivity index (χ0) is 45.2. The van der Waals surface area contributed by atoms with Crippen LogP contribution in [0, 0.1) is 0 Å². The second-order valence-corrected chi connectivity index (χ2v) is 17.0. The van der Waals surface area contributed by atoms with E-state index in [0.29, 0.717) is 10.1 Å². The molecular formula is C50H54BFN4O4S2. The molecule has 0 spiro atoms. The highest BCUT2D eigenvalue weighted by molar-refractivity contribution is 7.14. The molecule has 6 rings (SSSR count). The smallest absolute Gasteiger partial charge is 0.384 e. The zero-order valence-electron chi connectivity index (χ0n) is 36.4. The van der Waals surface area contributed by atoms with Crippen LogP contribution in [0.5, 0.6) is 10.1 Å². The van der Waals surface area contributed by atoms with Gasteiger partial charge in [-0.15, -0.1) is 0 Å². The molecule has 0 saturated carbocycles. The molecule has 0 amide bonds. The van der Waals surface area contributed by atoms with Crippen molar-refractivity contribution in [2.75, 3.05) is 76.0 Å². The zero-order valence-corrected chi connectivity index (χ0v) is 38.1. The first-order chi connectivity index (χ1) is 29.5. The standard InChI is InChI=1S/2C25H26N2OS.BFO2/c2*1-26(2)22-12-7-19(8-13-22)5-6-21-17-24(29-25(28)18-21)16-11-20-9-14-23(15-10-20)27(3)4;2-1(3)4/h2*5-18H,1-4H3;/q;;-2/p+2. The lowest BCUT2D eigenvalue weighted by atomic mass is 10.1. The lowest BCUT2D eigenvalue weighted by molar-refractivity contribution is -0.366. The topological polar surface area (TPSA) is 99.5 Å². The summed E-state index contributed by atoms with van der Waals surface area (Å²) in [5.41, 5.74) is 11.2. The molecule has 0 saturated heterocycles. The SMILES string of the molecule is CN(C)c1ccc(C=Cc2cc(O)[s+]c(C=Cc3ccc(N(C)C)cc3)c2)cc1.CN(C)c1ccc(C=Cc2cc(O)[s+]c(C=Cc3ccc(N(C)C)cc3)c2)cc1.[O-]B([O-])F. The molecule has 12 heteroatoms. The fraction of sp³-hybridized carbons (Fsp3) is 0.160. The van der Waals surface area contributed by atoms with E-state index in [1.807, 2.05) is 80.7 Å². The van der Waals surface area contributed by atoms with E-state index in [4.69, 9.17) is 10.0 Å². The second kappa shape index (κ2) is 24.2. The van der Waals surface area contributed by atoms with Crippen molar-refractivity contribution in [3.05, 3.63) is 164 Å². The van der Waals surface area contributed by atoms with Crippen LogP contribution in [0.2, 0.25) is 0 Å². The van der Waals surface area contributed by atoms with Crippen molar-refractivity contribution in [2.24, 2.45) is 0 Å². The predicted octanol–water partition coefficient (Wildman–Crippen LogP) is 10.1. The second-order valence-electron chi connectivity index (χ2n) is 14.8. The summed E-state index contributed by atoms with van der Waals surface area (Å²) in [7, 11) is 13.1. The molecule has 0 unspecified atom stereocenters. The summed E-state index contributed by atoms with van der Waals surface area (Å²) in [5.74, 6) is 0. The highest BCUT2D eigenvalue weighted by Crippen LogP contribution is 2.28. The van der Waals surface area contributed by atoms with Crippen molar-refractivity contribution in [2.45, 2.75) is 0 Å². The summed E-state index contributed by atoms with van der Waals surface area (Å²) in [6, 6.07) is 41.3. The van der Waals surface area contributed by atoms with Crippen LogP contribution in [0.15, 0.2) is 121 Å². The average Bonchev–Trinajstić information content (AvgIpc) is 3.24. The summed E-state index contributed by atoms with van der Waals surface area (Å²) in [5, 5.41) is 37.5. The molecule has 62 heavy (non-hydrogen) atoms. The van der Waals surface area contributed by atoms with Gasteiger partial charge in [-0.25, -0.2) is 0 Å². The fourth-order valence-corrected chi connectivity index (χ4v) is 7.22. The van der Waals surface area contributed by atoms with Gasteiger partial charge in [-0.2, -0.15) is 0 Å². The van der Waals surface area contributed by atoms with Crippen LogP contribution in [-0.2, 0) is 0 Å². The van der Waals surface area contributed by atoms with Crippen LogP contribution >= 0.6 is 22.7 Å². The van der Waals surface area contributed by atoms with Gasteiger partial charge in [-0.1, -0.05) is 72.8 Å². The summed E-state index contributed by atoms with van der Waals surface area (Å²) in [4.78, 5) is 10.3. The third-order valence-electron chi connectivity index (χ3n) is 9.10. The first-order valence-corrected chi connectivity index (χ1v) is 21.3. The minimum Gasteiger partial charge on any atom is -0.867 e. The first kappa shape index (κ1) is 48.4. The number of anilines is 4. The molecule has 2 heterocycles. The van der Waals surface area contributed by atoms with Crippen LogP contribution in [0.1, 0.15) is 43.1 Å². The lowest BCUT2D eigenvalue weighted by Crippen LogP contribution is -2.39. The van der Waals surface area contributed by atoms with Crippen LogP contribution in [0.25, 0.3) is 48.6 Å². The summed E-state index contributed by atoms with van der Waals surface area (Å²) < 4.78 is 9.89. The Bertz CT molecular complexity index is 2090. The molecule has 8 nitrogen and oxygen atoms in total. The van der Waals surface area contributed by atoms with Gasteiger partial charge < -0.3 is 44.2 Å². The predicted molar refractivity (Wildman–Crippen MR) is 266 cm³/mol. The quantitative estimate of drug-likeness (QED) is 0.0927. The van der Waals surface area contributed by atoms with E-state index >= 15 is 0 Å². The lowest BCUT2D eigenvalue weighted by Gasteiger charge is -2.11. The largest absolute Gasteiger partial charge is 0.867 e. The maximum Gasteiger partial charge on any atom is 0.384 e. The molecule has 320 valence electrons. The third-order valence-corrected chi connectivity index (χ3v) is 10.7. The van der Waals surface area contributed by atoms with E-state index in [9.17, 15) is 14.5 Å². The molecule has 2 N–H and O–H groups in total. The van der Waals surface area contributed by atoms with Gasteiger partial charge >= 0.3 is 10.1 Å². The van der Waals surface area contributed by atoms with E-state index in [2.05, 4.69) is 153 Å². The Balaban J connectivity index is 0.000000251. The average molecular weight is 869 g/mol. The normalized spacial score (nSPS) is 11.0. The van der Waals surface area contributed by atoms with E-state index in [0.717, 1.165) is 43.1 Å². The molecule has 0 fully saturated rings. The molecule has 0 aliphatic carbocycles. The third kappa shape index (κ3) is 17.0. The maximum atomic E-state index is 10.1. The van der Waals surface area contributed by atoms with Gasteiger partial charge in [0, 0.05) is 116 Å². The number of nitrogens with zero attached hydrogens (tertiary/aromatic N) is 4. The molecule has 0 bridgehead atoms. The highest BCUT2D eigenvalue weighted by Gasteiger charge is 2.12. The van der Waals surface area contributed by atoms with Crippen molar-refractivity contribution < 1.29 is 24.6 Å². The molecule has 4 aromatic carbocycles. The Morgan fingerprint density at radius 3 is 0.823 bits per heavy atom. The summed E-state index contributed by atoms with van der Waals surface area (Å²) in [6.45, 7) is 0. The van der Waals surface area contributed by atoms with Gasteiger partial charge in [0.25, 0.3) is 22.7 Å². The Labute approximate surface area is 374 Å². The van der Waals surface area contributed by atoms with Gasteiger partial charge in [0.05, 0.1) is 0 Å². The van der Waals surface area contributed by atoms with E-state index in [1.165, 1.54) is 45.4 Å². The van der Waals surface area contributed by atoms with E-state index in [-0.39, 0.29) is 0 Å². The molecule has 0 radical (unpaired) electrons. The van der Waals surface area contributed by atoms with Gasteiger partial charge in [0.2, 0.25) is 9.75 Å². The minimum atomic E-state index is -3.17. The van der Waals surface area contributed by atoms with Crippen molar-refractivity contribution >= 4 is 101 Å². The number of hydrogen-bond acceptors (Lipinski definition) is 8. The van der Waals surface area contributed by atoms with Gasteiger partial charge in [0.15, 0.2) is 0 Å². The molecule has 0 aliphatic heterocycles. The van der Waals surface area contributed by atoms with Crippen molar-refractivity contribution in [3.63, 3.8) is 0 Å². The van der Waals surface area contributed by atoms with Crippen LogP contribution < -0.4 is 29.6 Å². The molecule has 6 aromatic rings. The summed E-state index contributed by atoms with van der Waals surface area (Å²) in [6.07, 6.45) is 16.4. The van der Waals surface area contributed by atoms with Gasteiger partial charge in [0.1, 0.15) is 7.40 Å².